The van der Waals surface area contributed by atoms with Gasteiger partial charge in [-0.05, 0) is 44.2 Å². The molecule has 170 valence electrons. The molecule has 2 saturated heterocycles. The molecule has 0 aliphatic carbocycles. The van der Waals surface area contributed by atoms with Crippen LogP contribution in [0.1, 0.15) is 48.0 Å². The molecule has 0 saturated carbocycles. The second-order valence-electron chi connectivity index (χ2n) is 10.3. The summed E-state index contributed by atoms with van der Waals surface area (Å²) >= 11 is 6.17. The van der Waals surface area contributed by atoms with Crippen molar-refractivity contribution in [3.8, 4) is 0 Å². The predicted molar refractivity (Wildman–Crippen MR) is 118 cm³/mol. The standard InChI is InChI=1S/C21H36ClN5O3/c1-20(2,3)16(24-19(28)30-21(4,5)6)7-8-26-12-14-13-29-10-9-27(14)17-15(26)11-23-18(22)25-17/h11,14,16-17H,7-10,12-13H2,1-6H3,(H,23,25)(H,24,28)/t14?,16?,17-/m1/s1. The van der Waals surface area contributed by atoms with Crippen molar-refractivity contribution >= 4 is 23.0 Å². The summed E-state index contributed by atoms with van der Waals surface area (Å²) in [4.78, 5) is 21.8. The Morgan fingerprint density at radius 3 is 2.80 bits per heavy atom. The van der Waals surface area contributed by atoms with Crippen LogP contribution >= 0.6 is 11.6 Å². The Kier molecular flexibility index (Phi) is 6.89. The number of fused-ring (bicyclic) bond motifs is 3. The molecular formula is C21H36ClN5O3. The highest BCUT2D eigenvalue weighted by Crippen LogP contribution is 2.31. The van der Waals surface area contributed by atoms with Gasteiger partial charge in [0.2, 0.25) is 0 Å². The zero-order chi connectivity index (χ0) is 22.1. The summed E-state index contributed by atoms with van der Waals surface area (Å²) in [6.45, 7) is 15.9. The minimum absolute atomic E-state index is 0.0318. The van der Waals surface area contributed by atoms with Crippen LogP contribution in [0.5, 0.6) is 0 Å². The van der Waals surface area contributed by atoms with Gasteiger partial charge in [0.25, 0.3) is 0 Å². The summed E-state index contributed by atoms with van der Waals surface area (Å²) in [5.41, 5.74) is 0.488. The number of ether oxygens (including phenoxy) is 2. The third kappa shape index (κ3) is 5.80. The number of hydrogen-bond acceptors (Lipinski definition) is 7. The average molecular weight is 442 g/mol. The highest BCUT2D eigenvalue weighted by molar-refractivity contribution is 6.64. The third-order valence-corrected chi connectivity index (χ3v) is 5.85. The second kappa shape index (κ2) is 8.93. The van der Waals surface area contributed by atoms with Crippen LogP contribution in [-0.2, 0) is 9.47 Å². The van der Waals surface area contributed by atoms with Gasteiger partial charge in [0.1, 0.15) is 11.8 Å². The van der Waals surface area contributed by atoms with E-state index in [-0.39, 0.29) is 29.8 Å². The molecule has 8 nitrogen and oxygen atoms in total. The monoisotopic (exact) mass is 441 g/mol. The molecule has 3 aliphatic rings. The summed E-state index contributed by atoms with van der Waals surface area (Å²) < 4.78 is 11.2. The van der Waals surface area contributed by atoms with Crippen LogP contribution in [0, 0.1) is 5.41 Å². The minimum atomic E-state index is -0.521. The van der Waals surface area contributed by atoms with Crippen molar-refractivity contribution in [2.45, 2.75) is 71.8 Å². The number of nitrogens with one attached hydrogen (secondary N) is 2. The van der Waals surface area contributed by atoms with Crippen molar-refractivity contribution in [1.29, 1.82) is 0 Å². The molecule has 0 bridgehead atoms. The SMILES string of the molecule is CC(C)(C)OC(=O)NC(CCN1CC2COCCN2[C@H]2N=C(Cl)NC=C21)C(C)(C)C. The van der Waals surface area contributed by atoms with Gasteiger partial charge in [-0.1, -0.05) is 20.8 Å². The summed E-state index contributed by atoms with van der Waals surface area (Å²) in [6.07, 6.45) is 2.28. The van der Waals surface area contributed by atoms with Gasteiger partial charge in [0.15, 0.2) is 5.29 Å². The summed E-state index contributed by atoms with van der Waals surface area (Å²) in [7, 11) is 0. The van der Waals surface area contributed by atoms with Crippen molar-refractivity contribution in [3.63, 3.8) is 0 Å². The van der Waals surface area contributed by atoms with Gasteiger partial charge >= 0.3 is 6.09 Å². The van der Waals surface area contributed by atoms with E-state index in [9.17, 15) is 4.79 Å². The van der Waals surface area contributed by atoms with E-state index >= 15 is 0 Å². The number of carbonyl (C=O) groups is 1. The lowest BCUT2D eigenvalue weighted by atomic mass is 9.84. The highest BCUT2D eigenvalue weighted by atomic mass is 35.5. The number of nitrogens with zero attached hydrogens (tertiary/aromatic N) is 3. The maximum atomic E-state index is 12.4. The molecule has 0 aromatic carbocycles. The first-order chi connectivity index (χ1) is 13.9. The van der Waals surface area contributed by atoms with Crippen molar-refractivity contribution in [2.75, 3.05) is 32.8 Å². The number of piperazine rings is 1. The first kappa shape index (κ1) is 23.2. The van der Waals surface area contributed by atoms with Gasteiger partial charge in [-0.15, -0.1) is 0 Å². The van der Waals surface area contributed by atoms with Crippen LogP contribution in [-0.4, -0.2) is 77.9 Å². The maximum absolute atomic E-state index is 12.4. The highest BCUT2D eigenvalue weighted by Gasteiger charge is 2.41. The lowest BCUT2D eigenvalue weighted by molar-refractivity contribution is -0.0548. The molecule has 9 heteroatoms. The Labute approximate surface area is 185 Å². The molecule has 2 fully saturated rings. The molecule has 2 N–H and O–H groups in total. The van der Waals surface area contributed by atoms with Crippen LogP contribution in [0.3, 0.4) is 0 Å². The number of aliphatic imine (C=N–C) groups is 1. The Hall–Kier alpha value is -1.51. The number of amidine groups is 1. The fraction of sp³-hybridized carbons (Fsp3) is 0.810. The fourth-order valence-electron chi connectivity index (χ4n) is 4.10. The van der Waals surface area contributed by atoms with Gasteiger partial charge in [0, 0.05) is 31.9 Å². The van der Waals surface area contributed by atoms with E-state index in [4.69, 9.17) is 21.1 Å². The number of halogens is 1. The molecule has 3 rings (SSSR count). The molecule has 3 heterocycles. The first-order valence-electron chi connectivity index (χ1n) is 10.7. The third-order valence-electron chi connectivity index (χ3n) is 5.65. The molecule has 3 atom stereocenters. The van der Waals surface area contributed by atoms with Gasteiger partial charge in [-0.2, -0.15) is 0 Å². The van der Waals surface area contributed by atoms with E-state index in [0.717, 1.165) is 31.8 Å². The molecule has 0 radical (unpaired) electrons. The molecule has 3 aliphatic heterocycles. The van der Waals surface area contributed by atoms with Gasteiger partial charge in [0.05, 0.1) is 25.0 Å². The fourth-order valence-corrected chi connectivity index (χ4v) is 4.25. The van der Waals surface area contributed by atoms with Crippen LogP contribution in [0.4, 0.5) is 4.79 Å². The lowest BCUT2D eigenvalue weighted by Crippen LogP contribution is -2.62. The summed E-state index contributed by atoms with van der Waals surface area (Å²) in [5, 5.41) is 6.54. The largest absolute Gasteiger partial charge is 0.444 e. The second-order valence-corrected chi connectivity index (χ2v) is 10.6. The zero-order valence-electron chi connectivity index (χ0n) is 19.0. The predicted octanol–water partition coefficient (Wildman–Crippen LogP) is 2.70. The van der Waals surface area contributed by atoms with Crippen LogP contribution in [0.15, 0.2) is 16.9 Å². The number of amides is 1. The molecule has 30 heavy (non-hydrogen) atoms. The van der Waals surface area contributed by atoms with E-state index in [0.29, 0.717) is 18.5 Å². The molecule has 0 spiro atoms. The molecule has 0 aromatic rings. The van der Waals surface area contributed by atoms with E-state index in [1.807, 2.05) is 27.0 Å². The van der Waals surface area contributed by atoms with Crippen molar-refractivity contribution in [3.05, 3.63) is 11.9 Å². The van der Waals surface area contributed by atoms with Crippen LogP contribution in [0.2, 0.25) is 0 Å². The summed E-state index contributed by atoms with van der Waals surface area (Å²) in [6, 6.07) is 0.245. The van der Waals surface area contributed by atoms with Crippen molar-refractivity contribution in [1.82, 2.24) is 20.4 Å². The molecular weight excluding hydrogens is 406 g/mol. The number of carbonyl (C=O) groups excluding carboxylic acids is 1. The Balaban J connectivity index is 1.69. The quantitative estimate of drug-likeness (QED) is 0.653. The van der Waals surface area contributed by atoms with Crippen molar-refractivity contribution in [2.24, 2.45) is 10.4 Å². The lowest BCUT2D eigenvalue weighted by Gasteiger charge is -2.50. The zero-order valence-corrected chi connectivity index (χ0v) is 19.8. The topological polar surface area (TPSA) is 78.4 Å². The van der Waals surface area contributed by atoms with E-state index in [1.54, 1.807) is 0 Å². The van der Waals surface area contributed by atoms with E-state index in [1.165, 1.54) is 0 Å². The average Bonchev–Trinajstić information content (AvgIpc) is 2.62. The van der Waals surface area contributed by atoms with E-state index < -0.39 is 5.60 Å². The number of rotatable bonds is 4. The Bertz CT molecular complexity index is 698. The number of hydrogen-bond donors (Lipinski definition) is 2. The van der Waals surface area contributed by atoms with E-state index in [2.05, 4.69) is 46.2 Å². The van der Waals surface area contributed by atoms with Crippen LogP contribution < -0.4 is 10.6 Å². The molecule has 1 amide bonds. The number of alkyl carbamates (subject to hydrolysis) is 1. The molecule has 2 unspecified atom stereocenters. The van der Waals surface area contributed by atoms with Gasteiger partial charge in [-0.3, -0.25) is 4.90 Å². The van der Waals surface area contributed by atoms with Crippen molar-refractivity contribution < 1.29 is 14.3 Å². The molecule has 0 aromatic heterocycles. The smallest absolute Gasteiger partial charge is 0.407 e. The van der Waals surface area contributed by atoms with Crippen LogP contribution in [0.25, 0.3) is 0 Å². The minimum Gasteiger partial charge on any atom is -0.444 e. The normalized spacial score (nSPS) is 25.9. The summed E-state index contributed by atoms with van der Waals surface area (Å²) in [5.74, 6) is 0. The Morgan fingerprint density at radius 2 is 2.13 bits per heavy atom. The number of morpholine rings is 1. The van der Waals surface area contributed by atoms with Gasteiger partial charge in [-0.25, -0.2) is 9.79 Å². The maximum Gasteiger partial charge on any atom is 0.407 e. The Morgan fingerprint density at radius 1 is 1.40 bits per heavy atom. The first-order valence-corrected chi connectivity index (χ1v) is 11.1. The van der Waals surface area contributed by atoms with Gasteiger partial charge < -0.3 is 25.0 Å².